The van der Waals surface area contributed by atoms with E-state index in [1.165, 1.54) is 33.6 Å². The molecule has 4 heterocycles. The molecule has 4 aromatic heterocycles. The van der Waals surface area contributed by atoms with Crippen molar-refractivity contribution >= 4 is 34.0 Å². The lowest BCUT2D eigenvalue weighted by atomic mass is 9.94. The van der Waals surface area contributed by atoms with Crippen molar-refractivity contribution in [3.63, 3.8) is 0 Å². The fourth-order valence-corrected chi connectivity index (χ4v) is 6.44. The van der Waals surface area contributed by atoms with E-state index in [0.717, 1.165) is 25.0 Å². The van der Waals surface area contributed by atoms with Crippen LogP contribution in [0.5, 0.6) is 0 Å². The lowest BCUT2D eigenvalue weighted by Crippen LogP contribution is -2.20. The third kappa shape index (κ3) is 7.84. The molecule has 0 saturated heterocycles. The summed E-state index contributed by atoms with van der Waals surface area (Å²) in [5, 5.41) is 28.2. The predicted octanol–water partition coefficient (Wildman–Crippen LogP) is 5.10. The predicted molar refractivity (Wildman–Crippen MR) is 195 cm³/mol. The van der Waals surface area contributed by atoms with Gasteiger partial charge in [0.2, 0.25) is 11.9 Å². The van der Waals surface area contributed by atoms with Gasteiger partial charge in [-0.05, 0) is 23.0 Å². The number of halogens is 4. The van der Waals surface area contributed by atoms with Crippen LogP contribution in [0.25, 0.3) is 22.1 Å². The van der Waals surface area contributed by atoms with Gasteiger partial charge < -0.3 is 21.7 Å². The van der Waals surface area contributed by atoms with Crippen molar-refractivity contribution in [1.82, 2.24) is 39.5 Å². The molecule has 6 aromatic rings. The van der Waals surface area contributed by atoms with E-state index in [4.69, 9.17) is 11.5 Å². The molecule has 8 N–H and O–H groups in total. The molecule has 0 spiro atoms. The summed E-state index contributed by atoms with van der Waals surface area (Å²) in [4.78, 5) is 37.7. The number of nitrogen functional groups attached to an aromatic ring is 2. The first kappa shape index (κ1) is 39.6. The van der Waals surface area contributed by atoms with Crippen LogP contribution in [0, 0.1) is 11.8 Å². The Morgan fingerprint density at radius 3 is 1.22 bits per heavy atom. The number of fused-ring (bicyclic) bond motifs is 2. The summed E-state index contributed by atoms with van der Waals surface area (Å²) < 4.78 is 57.1. The van der Waals surface area contributed by atoms with Crippen molar-refractivity contribution in [2.45, 2.75) is 78.7 Å². The largest absolute Gasteiger partial charge is 0.390 e. The number of aromatic amines is 2. The molecule has 0 radical (unpaired) electrons. The number of aliphatic hydroxyl groups excluding tert-OH is 2. The Kier molecular flexibility index (Phi) is 11.0. The molecule has 0 bridgehead atoms. The van der Waals surface area contributed by atoms with Gasteiger partial charge in [0.25, 0.3) is 23.0 Å². The number of aromatic nitrogens is 8. The molecular formula is C36H42F4N10O4. The Bertz CT molecular complexity index is 2210. The minimum atomic E-state index is -2.93. The van der Waals surface area contributed by atoms with Crippen LogP contribution < -0.4 is 22.6 Å². The van der Waals surface area contributed by atoms with Crippen molar-refractivity contribution in [3.05, 3.63) is 103 Å². The van der Waals surface area contributed by atoms with Gasteiger partial charge in [-0.25, -0.2) is 26.9 Å². The van der Waals surface area contributed by atoms with Crippen LogP contribution in [-0.2, 0) is 25.1 Å². The second-order valence-electron chi connectivity index (χ2n) is 13.8. The van der Waals surface area contributed by atoms with Crippen molar-refractivity contribution in [3.8, 4) is 0 Å². The van der Waals surface area contributed by atoms with Crippen LogP contribution in [0.1, 0.15) is 87.3 Å². The summed E-state index contributed by atoms with van der Waals surface area (Å²) in [6, 6.07) is 11.2. The van der Waals surface area contributed by atoms with Gasteiger partial charge in [-0.2, -0.15) is 20.2 Å². The smallest absolute Gasteiger partial charge is 0.270 e. The number of hydrogen-bond donors (Lipinski definition) is 6. The van der Waals surface area contributed by atoms with Gasteiger partial charge in [-0.15, -0.1) is 0 Å². The van der Waals surface area contributed by atoms with E-state index < -0.39 is 36.2 Å². The Morgan fingerprint density at radius 2 is 0.963 bits per heavy atom. The molecule has 2 aromatic carbocycles. The third-order valence-electron chi connectivity index (χ3n) is 8.91. The maximum atomic E-state index is 13.5. The van der Waals surface area contributed by atoms with Crippen LogP contribution in [0.2, 0.25) is 0 Å². The molecule has 54 heavy (non-hydrogen) atoms. The van der Waals surface area contributed by atoms with E-state index in [1.54, 1.807) is 24.3 Å². The van der Waals surface area contributed by atoms with Crippen molar-refractivity contribution in [2.24, 2.45) is 11.8 Å². The van der Waals surface area contributed by atoms with Gasteiger partial charge in [0.1, 0.15) is 22.2 Å². The zero-order valence-electron chi connectivity index (χ0n) is 30.4. The zero-order valence-corrected chi connectivity index (χ0v) is 30.4. The zero-order chi connectivity index (χ0) is 39.9. The Balaban J connectivity index is 0.000000208. The van der Waals surface area contributed by atoms with Crippen LogP contribution in [0.3, 0.4) is 0 Å². The van der Waals surface area contributed by atoms with Gasteiger partial charge in [-0.3, -0.25) is 19.6 Å². The van der Waals surface area contributed by atoms with Crippen LogP contribution >= 0.6 is 0 Å². The first-order chi connectivity index (χ1) is 25.3. The van der Waals surface area contributed by atoms with Crippen LogP contribution in [-0.4, -0.2) is 49.7 Å². The first-order valence-electron chi connectivity index (χ1n) is 17.0. The van der Waals surface area contributed by atoms with E-state index in [1.807, 2.05) is 27.7 Å². The molecule has 0 amide bonds. The number of aliphatic hydroxyl groups is 2. The Hall–Kier alpha value is -5.62. The molecule has 6 rings (SSSR count). The lowest BCUT2D eigenvalue weighted by Gasteiger charge is -2.23. The van der Waals surface area contributed by atoms with Gasteiger partial charge >= 0.3 is 0 Å². The summed E-state index contributed by atoms with van der Waals surface area (Å²) in [5.74, 6) is -6.01. The van der Waals surface area contributed by atoms with E-state index in [0.29, 0.717) is 0 Å². The molecule has 18 heteroatoms. The van der Waals surface area contributed by atoms with E-state index in [9.17, 15) is 37.4 Å². The van der Waals surface area contributed by atoms with E-state index >= 15 is 0 Å². The second-order valence-corrected chi connectivity index (χ2v) is 13.8. The van der Waals surface area contributed by atoms with Gasteiger partial charge in [0.15, 0.2) is 11.3 Å². The summed E-state index contributed by atoms with van der Waals surface area (Å²) in [5.41, 5.74) is 12.5. The highest BCUT2D eigenvalue weighted by molar-refractivity contribution is 5.79. The summed E-state index contributed by atoms with van der Waals surface area (Å²) in [6.45, 7) is 8.57. The summed E-state index contributed by atoms with van der Waals surface area (Å²) >= 11 is 0. The van der Waals surface area contributed by atoms with Crippen molar-refractivity contribution < 1.29 is 27.8 Å². The number of nitrogens with one attached hydrogen (secondary N) is 2. The van der Waals surface area contributed by atoms with Gasteiger partial charge in [-0.1, -0.05) is 76.2 Å². The van der Waals surface area contributed by atoms with Crippen molar-refractivity contribution in [2.75, 3.05) is 11.5 Å². The number of rotatable bonds is 10. The Labute approximate surface area is 305 Å². The fourth-order valence-electron chi connectivity index (χ4n) is 6.44. The van der Waals surface area contributed by atoms with E-state index in [2.05, 4.69) is 30.1 Å². The normalized spacial score (nSPS) is 13.4. The molecule has 0 aliphatic heterocycles. The number of hydrogen-bond acceptors (Lipinski definition) is 10. The van der Waals surface area contributed by atoms with Crippen LogP contribution in [0.15, 0.2) is 58.1 Å². The summed E-state index contributed by atoms with van der Waals surface area (Å²) in [6.07, 6.45) is 0. The second kappa shape index (κ2) is 15.0. The Morgan fingerprint density at radius 1 is 0.648 bits per heavy atom. The average molecular weight is 755 g/mol. The number of nitrogens with zero attached hydrogens (tertiary/aromatic N) is 6. The molecule has 0 fully saturated rings. The standard InChI is InChI=1S/2C18H21F2N5O2/c2*1-9(2)14(10-4-6-11(7-5-10)18(3,19)20)25-15-13(12(8-26)24-25)16(27)23-17(21)22-15/h2*4-7,9,14,26H,8H2,1-3H3,(H3,21,22,23,27)/t2*14-/m10/s1. The average Bonchev–Trinajstić information content (AvgIpc) is 3.63. The SMILES string of the molecule is CC(C)[C@@H](c1ccc(C(C)(F)F)cc1)n1nc(CO)c2c(=O)[nH]c(N)nc21.CC(C)[C@H](c1ccc(C(C)(F)F)cc1)n1nc(CO)c2c(=O)[nH]c(N)nc21. The fraction of sp³-hybridized carbons (Fsp3) is 0.389. The highest BCUT2D eigenvalue weighted by Crippen LogP contribution is 2.34. The quantitative estimate of drug-likeness (QED) is 0.102. The molecule has 0 aliphatic rings. The lowest BCUT2D eigenvalue weighted by molar-refractivity contribution is 0.0167. The molecule has 14 nitrogen and oxygen atoms in total. The highest BCUT2D eigenvalue weighted by Gasteiger charge is 2.30. The van der Waals surface area contributed by atoms with Crippen LogP contribution in [0.4, 0.5) is 29.5 Å². The topological polar surface area (TPSA) is 220 Å². The molecule has 288 valence electrons. The molecule has 2 atom stereocenters. The number of benzene rings is 2. The number of H-pyrrole nitrogens is 2. The number of nitrogens with two attached hydrogens (primary N) is 2. The monoisotopic (exact) mass is 754 g/mol. The molecule has 0 saturated carbocycles. The van der Waals surface area contributed by atoms with Gasteiger partial charge in [0, 0.05) is 25.0 Å². The minimum absolute atomic E-state index is 0.00468. The van der Waals surface area contributed by atoms with Gasteiger partial charge in [0.05, 0.1) is 25.3 Å². The van der Waals surface area contributed by atoms with Crippen molar-refractivity contribution in [1.29, 1.82) is 0 Å². The third-order valence-corrected chi connectivity index (χ3v) is 8.91. The molecule has 0 unspecified atom stereocenters. The first-order valence-corrected chi connectivity index (χ1v) is 17.0. The summed E-state index contributed by atoms with van der Waals surface area (Å²) in [7, 11) is 0. The minimum Gasteiger partial charge on any atom is -0.390 e. The highest BCUT2D eigenvalue weighted by atomic mass is 19.3. The number of alkyl halides is 4. The molecular weight excluding hydrogens is 712 g/mol. The number of anilines is 2. The maximum absolute atomic E-state index is 13.5. The maximum Gasteiger partial charge on any atom is 0.270 e. The van der Waals surface area contributed by atoms with E-state index in [-0.39, 0.29) is 80.4 Å². The molecule has 0 aliphatic carbocycles.